The van der Waals surface area contributed by atoms with Gasteiger partial charge in [0.05, 0.1) is 17.3 Å². The second-order valence-electron chi connectivity index (χ2n) is 9.35. The molecule has 156 valence electrons. The summed E-state index contributed by atoms with van der Waals surface area (Å²) in [4.78, 5) is 22.0. The van der Waals surface area contributed by atoms with E-state index < -0.39 is 0 Å². The SMILES string of the molecule is Cc1nn(C)cc1C(=O)N1CCC2(CC1)CC(c1noc(C3CCC3)n1)N(C)C2. The van der Waals surface area contributed by atoms with Crippen LogP contribution in [0.5, 0.6) is 0 Å². The Morgan fingerprint density at radius 3 is 2.62 bits per heavy atom. The zero-order valence-electron chi connectivity index (χ0n) is 17.6. The first-order valence-corrected chi connectivity index (χ1v) is 10.8. The highest BCUT2D eigenvalue weighted by Gasteiger charge is 2.47. The van der Waals surface area contributed by atoms with Gasteiger partial charge in [-0.05, 0) is 51.5 Å². The molecule has 1 saturated carbocycles. The van der Waals surface area contributed by atoms with Gasteiger partial charge in [-0.15, -0.1) is 0 Å². The molecule has 2 aliphatic heterocycles. The predicted molar refractivity (Wildman–Crippen MR) is 106 cm³/mol. The van der Waals surface area contributed by atoms with Crippen LogP contribution < -0.4 is 0 Å². The Bertz CT molecular complexity index is 906. The van der Waals surface area contributed by atoms with Crippen molar-refractivity contribution in [1.82, 2.24) is 29.7 Å². The number of carbonyl (C=O) groups is 1. The van der Waals surface area contributed by atoms with Crippen molar-refractivity contribution in [2.75, 3.05) is 26.7 Å². The molecule has 8 heteroatoms. The van der Waals surface area contributed by atoms with Crippen LogP contribution in [0.3, 0.4) is 0 Å². The Kier molecular flexibility index (Phi) is 4.49. The van der Waals surface area contributed by atoms with E-state index in [-0.39, 0.29) is 17.4 Å². The van der Waals surface area contributed by atoms with Crippen LogP contribution in [0.4, 0.5) is 0 Å². The predicted octanol–water partition coefficient (Wildman–Crippen LogP) is 2.68. The number of likely N-dealkylation sites (tertiary alicyclic amines) is 2. The quantitative estimate of drug-likeness (QED) is 0.791. The first-order chi connectivity index (χ1) is 13.9. The Hall–Kier alpha value is -2.22. The normalized spacial score (nSPS) is 24.9. The van der Waals surface area contributed by atoms with Gasteiger partial charge in [-0.3, -0.25) is 14.4 Å². The molecule has 2 aromatic rings. The zero-order chi connectivity index (χ0) is 20.2. The molecule has 0 aromatic carbocycles. The summed E-state index contributed by atoms with van der Waals surface area (Å²) in [6.07, 6.45) is 8.53. The van der Waals surface area contributed by atoms with E-state index in [9.17, 15) is 4.79 Å². The smallest absolute Gasteiger partial charge is 0.257 e. The van der Waals surface area contributed by atoms with Crippen LogP contribution in [0.15, 0.2) is 10.7 Å². The first-order valence-electron chi connectivity index (χ1n) is 10.8. The highest BCUT2D eigenvalue weighted by molar-refractivity contribution is 5.95. The molecule has 1 spiro atoms. The fraction of sp³-hybridized carbons (Fsp3) is 0.714. The van der Waals surface area contributed by atoms with Gasteiger partial charge in [0.15, 0.2) is 5.82 Å². The molecule has 2 aromatic heterocycles. The van der Waals surface area contributed by atoms with Crippen molar-refractivity contribution in [3.63, 3.8) is 0 Å². The van der Waals surface area contributed by atoms with Gasteiger partial charge >= 0.3 is 0 Å². The molecule has 1 atom stereocenters. The van der Waals surface area contributed by atoms with Crippen molar-refractivity contribution in [1.29, 1.82) is 0 Å². The van der Waals surface area contributed by atoms with Crippen LogP contribution in [0.2, 0.25) is 0 Å². The van der Waals surface area contributed by atoms with Crippen LogP contribution in [-0.2, 0) is 7.05 Å². The largest absolute Gasteiger partial charge is 0.339 e. The van der Waals surface area contributed by atoms with Crippen molar-refractivity contribution in [2.24, 2.45) is 12.5 Å². The third kappa shape index (κ3) is 3.27. The highest BCUT2D eigenvalue weighted by atomic mass is 16.5. The molecule has 8 nitrogen and oxygen atoms in total. The number of amides is 1. The number of hydrogen-bond acceptors (Lipinski definition) is 6. The Morgan fingerprint density at radius 2 is 2.00 bits per heavy atom. The molecule has 2 saturated heterocycles. The average molecular weight is 399 g/mol. The molecule has 3 aliphatic rings. The molecule has 1 unspecified atom stereocenters. The Balaban J connectivity index is 1.24. The summed E-state index contributed by atoms with van der Waals surface area (Å²) < 4.78 is 7.28. The van der Waals surface area contributed by atoms with Crippen LogP contribution in [-0.4, -0.2) is 62.3 Å². The zero-order valence-corrected chi connectivity index (χ0v) is 17.6. The molecule has 4 heterocycles. The van der Waals surface area contributed by atoms with Crippen LogP contribution in [0.25, 0.3) is 0 Å². The second-order valence-corrected chi connectivity index (χ2v) is 9.35. The fourth-order valence-electron chi connectivity index (χ4n) is 5.29. The Morgan fingerprint density at radius 1 is 1.24 bits per heavy atom. The van der Waals surface area contributed by atoms with Crippen molar-refractivity contribution in [2.45, 2.75) is 57.4 Å². The minimum atomic E-state index is 0.108. The fourth-order valence-corrected chi connectivity index (χ4v) is 5.29. The van der Waals surface area contributed by atoms with Crippen LogP contribution in [0, 0.1) is 12.3 Å². The van der Waals surface area contributed by atoms with Gasteiger partial charge < -0.3 is 9.42 Å². The molecule has 1 amide bonds. The lowest BCUT2D eigenvalue weighted by Gasteiger charge is -2.39. The average Bonchev–Trinajstić information content (AvgIpc) is 3.32. The van der Waals surface area contributed by atoms with Gasteiger partial charge in [0.2, 0.25) is 5.89 Å². The standard InChI is InChI=1S/C21H30N6O2/c1-14-16(12-26(3)23-14)20(28)27-9-7-21(8-10-27)11-17(25(2)13-21)18-22-19(29-24-18)15-5-4-6-15/h12,15,17H,4-11,13H2,1-3H3. The second kappa shape index (κ2) is 6.93. The van der Waals surface area contributed by atoms with Gasteiger partial charge in [0, 0.05) is 38.8 Å². The molecular weight excluding hydrogens is 368 g/mol. The van der Waals surface area contributed by atoms with Crippen molar-refractivity contribution in [3.05, 3.63) is 29.2 Å². The summed E-state index contributed by atoms with van der Waals surface area (Å²) in [5.74, 6) is 2.25. The van der Waals surface area contributed by atoms with E-state index in [1.807, 2.05) is 25.1 Å². The molecule has 5 rings (SSSR count). The van der Waals surface area contributed by atoms with Gasteiger partial charge in [-0.2, -0.15) is 10.1 Å². The molecule has 29 heavy (non-hydrogen) atoms. The lowest BCUT2D eigenvalue weighted by Crippen LogP contribution is -2.44. The Labute approximate surface area is 171 Å². The minimum Gasteiger partial charge on any atom is -0.339 e. The van der Waals surface area contributed by atoms with Crippen LogP contribution >= 0.6 is 0 Å². The molecule has 0 bridgehead atoms. The molecular formula is C21H30N6O2. The van der Waals surface area contributed by atoms with E-state index >= 15 is 0 Å². The maximum atomic E-state index is 12.9. The summed E-state index contributed by atoms with van der Waals surface area (Å²) in [6.45, 7) is 4.53. The van der Waals surface area contributed by atoms with E-state index in [0.717, 1.165) is 61.9 Å². The number of piperidine rings is 1. The summed E-state index contributed by atoms with van der Waals surface area (Å²) >= 11 is 0. The first kappa shape index (κ1) is 18.8. The van der Waals surface area contributed by atoms with Gasteiger partial charge in [-0.25, -0.2) is 0 Å². The van der Waals surface area contributed by atoms with Crippen LogP contribution in [0.1, 0.15) is 78.3 Å². The number of aromatic nitrogens is 4. The van der Waals surface area contributed by atoms with E-state index in [4.69, 9.17) is 9.51 Å². The number of hydrogen-bond donors (Lipinski definition) is 0. The van der Waals surface area contributed by atoms with Crippen molar-refractivity contribution < 1.29 is 9.32 Å². The number of carbonyl (C=O) groups excluding carboxylic acids is 1. The third-order valence-corrected chi connectivity index (χ3v) is 7.31. The molecule has 3 fully saturated rings. The van der Waals surface area contributed by atoms with E-state index in [2.05, 4.69) is 22.2 Å². The monoisotopic (exact) mass is 398 g/mol. The maximum absolute atomic E-state index is 12.9. The van der Waals surface area contributed by atoms with E-state index in [1.165, 1.54) is 19.3 Å². The van der Waals surface area contributed by atoms with E-state index in [0.29, 0.717) is 5.92 Å². The van der Waals surface area contributed by atoms with Gasteiger partial charge in [0.1, 0.15) is 0 Å². The van der Waals surface area contributed by atoms with Gasteiger partial charge in [-0.1, -0.05) is 11.6 Å². The third-order valence-electron chi connectivity index (χ3n) is 7.31. The van der Waals surface area contributed by atoms with Crippen molar-refractivity contribution >= 4 is 5.91 Å². The van der Waals surface area contributed by atoms with Gasteiger partial charge in [0.25, 0.3) is 5.91 Å². The summed E-state index contributed by atoms with van der Waals surface area (Å²) in [5, 5.41) is 8.64. The molecule has 1 aliphatic carbocycles. The highest BCUT2D eigenvalue weighted by Crippen LogP contribution is 2.48. The summed E-state index contributed by atoms with van der Waals surface area (Å²) in [5.41, 5.74) is 1.76. The lowest BCUT2D eigenvalue weighted by molar-refractivity contribution is 0.0592. The number of aryl methyl sites for hydroxylation is 2. The lowest BCUT2D eigenvalue weighted by atomic mass is 9.76. The topological polar surface area (TPSA) is 80.3 Å². The summed E-state index contributed by atoms with van der Waals surface area (Å²) in [7, 11) is 4.02. The molecule has 0 N–H and O–H groups in total. The maximum Gasteiger partial charge on any atom is 0.257 e. The number of rotatable bonds is 3. The van der Waals surface area contributed by atoms with Crippen molar-refractivity contribution in [3.8, 4) is 0 Å². The summed E-state index contributed by atoms with van der Waals surface area (Å²) in [6, 6.07) is 0.218. The minimum absolute atomic E-state index is 0.108. The number of nitrogens with zero attached hydrogens (tertiary/aromatic N) is 6. The van der Waals surface area contributed by atoms with E-state index in [1.54, 1.807) is 4.68 Å². The molecule has 0 radical (unpaired) electrons.